The Morgan fingerprint density at radius 1 is 1.09 bits per heavy atom. The number of rotatable bonds is 6. The van der Waals surface area contributed by atoms with E-state index >= 15 is 0 Å². The molecule has 0 bridgehead atoms. The molecule has 2 fully saturated rings. The maximum Gasteiger partial charge on any atom is 0.420 e. The second-order valence-electron chi connectivity index (χ2n) is 9.99. The summed E-state index contributed by atoms with van der Waals surface area (Å²) in [5.41, 5.74) is 0.275. The summed E-state index contributed by atoms with van der Waals surface area (Å²) in [4.78, 5) is 13.5. The lowest BCUT2D eigenvalue weighted by molar-refractivity contribution is -0.143. The van der Waals surface area contributed by atoms with E-state index in [1.165, 1.54) is 6.07 Å². The molecule has 0 amide bonds. The summed E-state index contributed by atoms with van der Waals surface area (Å²) in [6.07, 6.45) is 0.829. The second kappa shape index (κ2) is 10.1. The number of benzene rings is 2. The molecule has 2 aromatic carbocycles. The maximum atomic E-state index is 14.2. The van der Waals surface area contributed by atoms with E-state index in [4.69, 9.17) is 4.74 Å². The van der Waals surface area contributed by atoms with Gasteiger partial charge in [0.15, 0.2) is 0 Å². The average molecular weight is 478 g/mol. The zero-order valence-corrected chi connectivity index (χ0v) is 19.9. The van der Waals surface area contributed by atoms with E-state index in [0.717, 1.165) is 37.7 Å². The van der Waals surface area contributed by atoms with Crippen molar-refractivity contribution in [2.75, 3.05) is 13.1 Å². The van der Waals surface area contributed by atoms with Gasteiger partial charge in [-0.25, -0.2) is 0 Å². The van der Waals surface area contributed by atoms with Gasteiger partial charge in [-0.2, -0.15) is 13.2 Å². The average Bonchev–Trinajstić information content (AvgIpc) is 2.80. The number of likely N-dealkylation sites (tertiary alicyclic amines) is 1. The Bertz CT molecular complexity index is 1010. The van der Waals surface area contributed by atoms with Gasteiger partial charge in [0.2, 0.25) is 0 Å². The topological polar surface area (TPSA) is 49.8 Å². The molecule has 0 radical (unpaired) electrons. The molecule has 1 atom stereocenters. The van der Waals surface area contributed by atoms with E-state index in [2.05, 4.69) is 18.7 Å². The third-order valence-electron chi connectivity index (χ3n) is 7.64. The summed E-state index contributed by atoms with van der Waals surface area (Å²) in [5, 5.41) is 9.98. The first kappa shape index (κ1) is 24.8. The van der Waals surface area contributed by atoms with E-state index in [0.29, 0.717) is 37.2 Å². The lowest BCUT2D eigenvalue weighted by Crippen LogP contribution is -2.38. The van der Waals surface area contributed by atoms with Gasteiger partial charge in [-0.05, 0) is 92.4 Å². The number of fused-ring (bicyclic) bond motifs is 1. The Kier molecular flexibility index (Phi) is 7.41. The summed E-state index contributed by atoms with van der Waals surface area (Å²) in [6, 6.07) is 8.49. The zero-order chi connectivity index (χ0) is 24.5. The molecule has 1 aliphatic carbocycles. The molecule has 1 N–H and O–H groups in total. The fourth-order valence-electron chi connectivity index (χ4n) is 5.62. The minimum Gasteiger partial charge on any atom is -0.490 e. The summed E-state index contributed by atoms with van der Waals surface area (Å²) in [7, 11) is 0. The predicted octanol–water partition coefficient (Wildman–Crippen LogP) is 7.06. The van der Waals surface area contributed by atoms with Gasteiger partial charge in [0.25, 0.3) is 0 Å². The first-order valence-electron chi connectivity index (χ1n) is 12.4. The number of carbonyl (C=O) groups is 1. The molecule has 1 unspecified atom stereocenters. The molecule has 0 aromatic heterocycles. The number of piperidine rings is 1. The molecule has 4 nitrogen and oxygen atoms in total. The Morgan fingerprint density at radius 2 is 1.76 bits per heavy atom. The molecule has 1 heterocycles. The molecule has 1 saturated heterocycles. The lowest BCUT2D eigenvalue weighted by Gasteiger charge is -2.36. The van der Waals surface area contributed by atoms with Crippen molar-refractivity contribution in [1.82, 2.24) is 4.90 Å². The van der Waals surface area contributed by atoms with Crippen LogP contribution < -0.4 is 4.74 Å². The minimum atomic E-state index is -4.51. The number of halogens is 3. The van der Waals surface area contributed by atoms with Crippen LogP contribution >= 0.6 is 0 Å². The van der Waals surface area contributed by atoms with E-state index < -0.39 is 17.7 Å². The minimum absolute atomic E-state index is 0.0497. The van der Waals surface area contributed by atoms with Gasteiger partial charge >= 0.3 is 12.1 Å². The van der Waals surface area contributed by atoms with Crippen molar-refractivity contribution in [1.29, 1.82) is 0 Å². The highest BCUT2D eigenvalue weighted by molar-refractivity contribution is 5.89. The number of ether oxygens (including phenoxy) is 1. The Morgan fingerprint density at radius 3 is 2.35 bits per heavy atom. The van der Waals surface area contributed by atoms with Gasteiger partial charge in [-0.1, -0.05) is 32.0 Å². The van der Waals surface area contributed by atoms with Crippen molar-refractivity contribution in [3.63, 3.8) is 0 Å². The monoisotopic (exact) mass is 477 g/mol. The number of aliphatic carboxylic acids is 1. The van der Waals surface area contributed by atoms with Crippen LogP contribution in [0.1, 0.15) is 76.0 Å². The number of hydrogen-bond acceptors (Lipinski definition) is 3. The lowest BCUT2D eigenvalue weighted by atomic mass is 9.89. The Labute approximate surface area is 199 Å². The predicted molar refractivity (Wildman–Crippen MR) is 126 cm³/mol. The SMILES string of the molecule is CCC(c1ccc2c(C(F)(F)F)c(O[C@H]3CC[C@@H](C)CC3)ccc2c1)N1CCC(C(=O)O)CC1. The fraction of sp³-hybridized carbons (Fsp3) is 0.593. The molecule has 1 aliphatic heterocycles. The standard InChI is InChI=1S/C27H34F3NO3/c1-3-23(31-14-12-18(13-15-31)26(32)33)20-6-10-22-19(16-20)7-11-24(25(22)27(28,29)30)34-21-8-4-17(2)5-9-21/h6-7,10-11,16-18,21,23H,3-5,8-9,12-15H2,1-2H3,(H,32,33)/t17-,21+,23?. The van der Waals surface area contributed by atoms with Crippen molar-refractivity contribution in [3.05, 3.63) is 41.5 Å². The molecule has 34 heavy (non-hydrogen) atoms. The summed E-state index contributed by atoms with van der Waals surface area (Å²) >= 11 is 0. The fourth-order valence-corrected chi connectivity index (χ4v) is 5.62. The van der Waals surface area contributed by atoms with Crippen molar-refractivity contribution in [2.24, 2.45) is 11.8 Å². The zero-order valence-electron chi connectivity index (χ0n) is 19.9. The summed E-state index contributed by atoms with van der Waals surface area (Å²) in [6.45, 7) is 5.58. The molecule has 1 saturated carbocycles. The van der Waals surface area contributed by atoms with E-state index in [-0.39, 0.29) is 29.2 Å². The van der Waals surface area contributed by atoms with Crippen LogP contribution in [0.15, 0.2) is 30.3 Å². The number of carboxylic acid groups (broad SMARTS) is 1. The van der Waals surface area contributed by atoms with E-state index in [1.54, 1.807) is 18.2 Å². The third-order valence-corrected chi connectivity index (χ3v) is 7.64. The number of carboxylic acids is 1. The first-order chi connectivity index (χ1) is 16.2. The number of nitrogens with zero attached hydrogens (tertiary/aromatic N) is 1. The number of hydrogen-bond donors (Lipinski definition) is 1. The molecule has 4 rings (SSSR count). The molecule has 2 aliphatic rings. The molecule has 2 aromatic rings. The highest BCUT2D eigenvalue weighted by Gasteiger charge is 2.37. The number of alkyl halides is 3. The Hall–Kier alpha value is -2.28. The van der Waals surface area contributed by atoms with Crippen LogP contribution in [-0.2, 0) is 11.0 Å². The van der Waals surface area contributed by atoms with Crippen LogP contribution in [-0.4, -0.2) is 35.2 Å². The first-order valence-corrected chi connectivity index (χ1v) is 12.4. The van der Waals surface area contributed by atoms with Crippen LogP contribution in [0.25, 0.3) is 10.8 Å². The van der Waals surface area contributed by atoms with Crippen molar-refractivity contribution >= 4 is 16.7 Å². The van der Waals surface area contributed by atoms with Gasteiger partial charge in [0.05, 0.1) is 12.0 Å². The van der Waals surface area contributed by atoms with Gasteiger partial charge in [0.1, 0.15) is 11.3 Å². The summed E-state index contributed by atoms with van der Waals surface area (Å²) < 4.78 is 48.4. The molecular weight excluding hydrogens is 443 g/mol. The molecule has 7 heteroatoms. The smallest absolute Gasteiger partial charge is 0.420 e. The quantitative estimate of drug-likeness (QED) is 0.484. The summed E-state index contributed by atoms with van der Waals surface area (Å²) in [5.74, 6) is -0.544. The second-order valence-corrected chi connectivity index (χ2v) is 9.99. The van der Waals surface area contributed by atoms with Crippen molar-refractivity contribution in [2.45, 2.75) is 77.1 Å². The molecular formula is C27H34F3NO3. The van der Waals surface area contributed by atoms with Gasteiger partial charge in [0, 0.05) is 6.04 Å². The van der Waals surface area contributed by atoms with Crippen LogP contribution in [0.2, 0.25) is 0 Å². The van der Waals surface area contributed by atoms with E-state index in [9.17, 15) is 23.1 Å². The van der Waals surface area contributed by atoms with Crippen LogP contribution in [0.4, 0.5) is 13.2 Å². The van der Waals surface area contributed by atoms with Gasteiger partial charge < -0.3 is 9.84 Å². The van der Waals surface area contributed by atoms with Gasteiger partial charge in [-0.15, -0.1) is 0 Å². The highest BCUT2D eigenvalue weighted by atomic mass is 19.4. The third kappa shape index (κ3) is 5.35. The normalized spacial score (nSPS) is 23.7. The van der Waals surface area contributed by atoms with Crippen LogP contribution in [0.5, 0.6) is 5.75 Å². The van der Waals surface area contributed by atoms with Gasteiger partial charge in [-0.3, -0.25) is 9.69 Å². The largest absolute Gasteiger partial charge is 0.490 e. The molecule has 186 valence electrons. The Balaban J connectivity index is 1.61. The van der Waals surface area contributed by atoms with Crippen molar-refractivity contribution in [3.8, 4) is 5.75 Å². The maximum absolute atomic E-state index is 14.2. The van der Waals surface area contributed by atoms with Crippen LogP contribution in [0, 0.1) is 11.8 Å². The molecule has 0 spiro atoms. The van der Waals surface area contributed by atoms with E-state index in [1.807, 2.05) is 6.07 Å². The van der Waals surface area contributed by atoms with Crippen molar-refractivity contribution < 1.29 is 27.8 Å². The van der Waals surface area contributed by atoms with Crippen LogP contribution in [0.3, 0.4) is 0 Å². The highest BCUT2D eigenvalue weighted by Crippen LogP contribution is 2.43.